The maximum Gasteiger partial charge on any atom is 0.323 e. The Morgan fingerprint density at radius 2 is 1.70 bits per heavy atom. The molecule has 0 saturated carbocycles. The molecular weight excluding hydrogens is 258 g/mol. The first-order valence-corrected chi connectivity index (χ1v) is 7.23. The molecule has 0 aliphatic carbocycles. The van der Waals surface area contributed by atoms with Crippen molar-refractivity contribution < 1.29 is 19.4 Å². The third kappa shape index (κ3) is 8.51. The summed E-state index contributed by atoms with van der Waals surface area (Å²) in [6, 6.07) is 0.104. The van der Waals surface area contributed by atoms with E-state index in [1.165, 1.54) is 0 Å². The zero-order valence-corrected chi connectivity index (χ0v) is 13.9. The standard InChI is InChI=1S/C15H31NO4/c1-11(2)16-15(7,13(17)18)10-12(3)19-8-9-20-14(4,5)6/h11-12,16H,8-10H2,1-7H3,(H,17,18). The maximum atomic E-state index is 11.4. The van der Waals surface area contributed by atoms with E-state index < -0.39 is 11.5 Å². The van der Waals surface area contributed by atoms with Crippen LogP contribution in [0.2, 0.25) is 0 Å². The third-order valence-corrected chi connectivity index (χ3v) is 2.80. The third-order valence-electron chi connectivity index (χ3n) is 2.80. The molecule has 5 nitrogen and oxygen atoms in total. The topological polar surface area (TPSA) is 67.8 Å². The average molecular weight is 289 g/mol. The van der Waals surface area contributed by atoms with Gasteiger partial charge < -0.3 is 14.6 Å². The van der Waals surface area contributed by atoms with E-state index in [9.17, 15) is 9.90 Å². The van der Waals surface area contributed by atoms with Crippen LogP contribution in [0.5, 0.6) is 0 Å². The molecule has 20 heavy (non-hydrogen) atoms. The van der Waals surface area contributed by atoms with Gasteiger partial charge >= 0.3 is 5.97 Å². The van der Waals surface area contributed by atoms with Gasteiger partial charge in [-0.3, -0.25) is 10.1 Å². The largest absolute Gasteiger partial charge is 0.480 e. The monoisotopic (exact) mass is 289 g/mol. The Balaban J connectivity index is 4.21. The van der Waals surface area contributed by atoms with Gasteiger partial charge in [-0.05, 0) is 48.5 Å². The van der Waals surface area contributed by atoms with Crippen LogP contribution in [-0.4, -0.2) is 47.6 Å². The Hall–Kier alpha value is -0.650. The van der Waals surface area contributed by atoms with E-state index in [-0.39, 0.29) is 17.7 Å². The smallest absolute Gasteiger partial charge is 0.323 e. The zero-order chi connectivity index (χ0) is 16.0. The number of aliphatic carboxylic acids is 1. The second-order valence-electron chi connectivity index (χ2n) is 6.78. The summed E-state index contributed by atoms with van der Waals surface area (Å²) in [4.78, 5) is 11.4. The summed E-state index contributed by atoms with van der Waals surface area (Å²) in [7, 11) is 0. The zero-order valence-electron chi connectivity index (χ0n) is 13.9. The molecule has 0 amide bonds. The van der Waals surface area contributed by atoms with E-state index in [1.807, 2.05) is 41.5 Å². The van der Waals surface area contributed by atoms with Gasteiger partial charge in [0.2, 0.25) is 0 Å². The first-order valence-electron chi connectivity index (χ1n) is 7.23. The van der Waals surface area contributed by atoms with Crippen molar-refractivity contribution in [2.24, 2.45) is 0 Å². The number of carbonyl (C=O) groups is 1. The van der Waals surface area contributed by atoms with Gasteiger partial charge in [0.1, 0.15) is 5.54 Å². The summed E-state index contributed by atoms with van der Waals surface area (Å²) in [5.41, 5.74) is -1.15. The lowest BCUT2D eigenvalue weighted by Gasteiger charge is -2.31. The maximum absolute atomic E-state index is 11.4. The molecule has 0 aromatic rings. The van der Waals surface area contributed by atoms with Gasteiger partial charge in [0, 0.05) is 12.5 Å². The lowest BCUT2D eigenvalue weighted by Crippen LogP contribution is -2.54. The summed E-state index contributed by atoms with van der Waals surface area (Å²) >= 11 is 0. The van der Waals surface area contributed by atoms with Gasteiger partial charge in [-0.25, -0.2) is 0 Å². The lowest BCUT2D eigenvalue weighted by molar-refractivity contribution is -0.146. The number of hydrogen-bond donors (Lipinski definition) is 2. The van der Waals surface area contributed by atoms with E-state index in [0.717, 1.165) is 0 Å². The molecule has 0 aliphatic heterocycles. The van der Waals surface area contributed by atoms with Crippen molar-refractivity contribution in [3.05, 3.63) is 0 Å². The Morgan fingerprint density at radius 1 is 1.15 bits per heavy atom. The van der Waals surface area contributed by atoms with E-state index in [1.54, 1.807) is 6.92 Å². The minimum absolute atomic E-state index is 0.104. The highest BCUT2D eigenvalue weighted by Crippen LogP contribution is 2.16. The highest BCUT2D eigenvalue weighted by Gasteiger charge is 2.35. The molecule has 2 unspecified atom stereocenters. The number of rotatable bonds is 9. The van der Waals surface area contributed by atoms with Crippen LogP contribution in [0.1, 0.15) is 54.9 Å². The molecule has 0 bridgehead atoms. The molecule has 0 fully saturated rings. The Kier molecular flexibility index (Phi) is 7.70. The molecule has 0 aromatic carbocycles. The van der Waals surface area contributed by atoms with E-state index in [0.29, 0.717) is 19.6 Å². The van der Waals surface area contributed by atoms with Gasteiger partial charge in [0.15, 0.2) is 0 Å². The SMILES string of the molecule is CC(C)NC(C)(CC(C)OCCOC(C)(C)C)C(=O)O. The Bertz CT molecular complexity index is 299. The molecule has 0 saturated heterocycles. The number of nitrogens with one attached hydrogen (secondary N) is 1. The van der Waals surface area contributed by atoms with Crippen molar-refractivity contribution in [3.8, 4) is 0 Å². The molecule has 0 heterocycles. The second-order valence-corrected chi connectivity index (χ2v) is 6.78. The number of ether oxygens (including phenoxy) is 2. The molecule has 0 aromatic heterocycles. The molecular formula is C15H31NO4. The van der Waals surface area contributed by atoms with Crippen LogP contribution < -0.4 is 5.32 Å². The number of carboxylic acids is 1. The van der Waals surface area contributed by atoms with Crippen molar-refractivity contribution >= 4 is 5.97 Å². The van der Waals surface area contributed by atoms with Crippen LogP contribution in [0.25, 0.3) is 0 Å². The van der Waals surface area contributed by atoms with Crippen LogP contribution in [0.3, 0.4) is 0 Å². The van der Waals surface area contributed by atoms with Crippen molar-refractivity contribution in [1.29, 1.82) is 0 Å². The van der Waals surface area contributed by atoms with Gasteiger partial charge in [0.05, 0.1) is 24.9 Å². The van der Waals surface area contributed by atoms with E-state index in [4.69, 9.17) is 9.47 Å². The Labute approximate surface area is 123 Å². The first-order chi connectivity index (χ1) is 8.96. The van der Waals surface area contributed by atoms with Crippen molar-refractivity contribution in [3.63, 3.8) is 0 Å². The summed E-state index contributed by atoms with van der Waals surface area (Å²) in [6.45, 7) is 14.4. The summed E-state index contributed by atoms with van der Waals surface area (Å²) in [5, 5.41) is 12.5. The summed E-state index contributed by atoms with van der Waals surface area (Å²) < 4.78 is 11.2. The van der Waals surface area contributed by atoms with Crippen LogP contribution in [-0.2, 0) is 14.3 Å². The Morgan fingerprint density at radius 3 is 2.10 bits per heavy atom. The first kappa shape index (κ1) is 19.4. The van der Waals surface area contributed by atoms with Gasteiger partial charge in [-0.15, -0.1) is 0 Å². The van der Waals surface area contributed by atoms with Crippen molar-refractivity contribution in [1.82, 2.24) is 5.32 Å². The molecule has 0 rings (SSSR count). The lowest BCUT2D eigenvalue weighted by atomic mass is 9.94. The normalized spacial score (nSPS) is 17.0. The fourth-order valence-corrected chi connectivity index (χ4v) is 2.08. The van der Waals surface area contributed by atoms with E-state index >= 15 is 0 Å². The molecule has 0 aliphatic rings. The quantitative estimate of drug-likeness (QED) is 0.638. The van der Waals surface area contributed by atoms with Gasteiger partial charge in [-0.2, -0.15) is 0 Å². The minimum atomic E-state index is -0.974. The summed E-state index contributed by atoms with van der Waals surface area (Å²) in [6.07, 6.45) is 0.265. The van der Waals surface area contributed by atoms with E-state index in [2.05, 4.69) is 5.32 Å². The molecule has 0 radical (unpaired) electrons. The number of hydrogen-bond acceptors (Lipinski definition) is 4. The molecule has 120 valence electrons. The van der Waals surface area contributed by atoms with Gasteiger partial charge in [0.25, 0.3) is 0 Å². The highest BCUT2D eigenvalue weighted by molar-refractivity contribution is 5.78. The predicted octanol–water partition coefficient (Wildman–Crippen LogP) is 2.44. The predicted molar refractivity (Wildman–Crippen MR) is 80.0 cm³/mol. The minimum Gasteiger partial charge on any atom is -0.480 e. The fourth-order valence-electron chi connectivity index (χ4n) is 2.08. The molecule has 2 atom stereocenters. The molecule has 5 heteroatoms. The van der Waals surface area contributed by atoms with Crippen LogP contribution in [0.4, 0.5) is 0 Å². The highest BCUT2D eigenvalue weighted by atomic mass is 16.5. The van der Waals surface area contributed by atoms with Crippen molar-refractivity contribution in [2.75, 3.05) is 13.2 Å². The van der Waals surface area contributed by atoms with Crippen LogP contribution in [0, 0.1) is 0 Å². The average Bonchev–Trinajstić information content (AvgIpc) is 2.21. The summed E-state index contributed by atoms with van der Waals surface area (Å²) in [5.74, 6) is -0.854. The second kappa shape index (κ2) is 7.96. The number of carboxylic acid groups (broad SMARTS) is 1. The fraction of sp³-hybridized carbons (Fsp3) is 0.933. The van der Waals surface area contributed by atoms with Crippen LogP contribution >= 0.6 is 0 Å². The van der Waals surface area contributed by atoms with Crippen LogP contribution in [0.15, 0.2) is 0 Å². The van der Waals surface area contributed by atoms with Crippen molar-refractivity contribution in [2.45, 2.75) is 78.2 Å². The molecule has 0 spiro atoms. The molecule has 2 N–H and O–H groups in total. The van der Waals surface area contributed by atoms with Gasteiger partial charge in [-0.1, -0.05) is 0 Å².